The molecule has 2 rings (SSSR count). The van der Waals surface area contributed by atoms with Gasteiger partial charge in [-0.05, 0) is 12.2 Å². The Morgan fingerprint density at radius 1 is 1.21 bits per heavy atom. The van der Waals surface area contributed by atoms with Crippen molar-refractivity contribution in [2.45, 2.75) is 30.2 Å². The zero-order chi connectivity index (χ0) is 26.5. The molecule has 196 valence electrons. The number of aliphatic hydroxyl groups is 2. The Hall–Kier alpha value is -0.890. The molecule has 24 heteroatoms. The van der Waals surface area contributed by atoms with E-state index in [1.54, 1.807) is 0 Å². The van der Waals surface area contributed by atoms with Gasteiger partial charge in [0.2, 0.25) is 10.4 Å². The molecule has 1 saturated heterocycles. The van der Waals surface area contributed by atoms with Crippen LogP contribution >= 0.6 is 35.7 Å². The molecule has 0 aliphatic carbocycles. The largest absolute Gasteiger partial charge is 0.490 e. The standard InChI is InChI=1S/C10H14F4N3O13P3S/c11-3-1-17(8(34)16-6(3)15)7-9(19,10(12,13)14)5(18)4(28-7)2-27-32(23,24)30-33(25,26)29-31(20,21)22/h1,4-5,7,18-19H,2H2,(H,23,24)(H,25,26)(H2,15,16,34)(H2,20,21,22)/t4-,5?,7-,9-/m1/s1. The minimum Gasteiger partial charge on any atom is -0.387 e. The molecule has 6 atom stereocenters. The lowest BCUT2D eigenvalue weighted by Gasteiger charge is -2.33. The van der Waals surface area contributed by atoms with Crippen LogP contribution in [0.2, 0.25) is 0 Å². The van der Waals surface area contributed by atoms with Gasteiger partial charge in [0, 0.05) is 6.20 Å². The number of ether oxygens (including phenoxy) is 1. The number of nitrogens with zero attached hydrogens (tertiary/aromatic N) is 2. The molecule has 0 bridgehead atoms. The van der Waals surface area contributed by atoms with Crippen molar-refractivity contribution in [2.24, 2.45) is 0 Å². The average Bonchev–Trinajstić information content (AvgIpc) is 2.85. The van der Waals surface area contributed by atoms with Crippen LogP contribution in [0, 0.1) is 10.6 Å². The highest BCUT2D eigenvalue weighted by molar-refractivity contribution is 7.71. The summed E-state index contributed by atoms with van der Waals surface area (Å²) in [5.41, 5.74) is 0.908. The lowest BCUT2D eigenvalue weighted by molar-refractivity contribution is -0.304. The molecule has 0 amide bonds. The topological polar surface area (TPSA) is 253 Å². The van der Waals surface area contributed by atoms with Crippen molar-refractivity contribution in [2.75, 3.05) is 12.3 Å². The fourth-order valence-electron chi connectivity index (χ4n) is 2.59. The number of hydrogen-bond acceptors (Lipinski definition) is 12. The SMILES string of the molecule is Nc1nc(=S)n([C@@H]2O[C@H](COP(=O)(O)OP(=O)(O)OP(=O)(O)O)C(O)[C@]2(O)C(F)(F)F)cc1F. The molecule has 3 unspecified atom stereocenters. The van der Waals surface area contributed by atoms with Crippen molar-refractivity contribution in [3.05, 3.63) is 16.8 Å². The number of anilines is 1. The van der Waals surface area contributed by atoms with Gasteiger partial charge in [0.05, 0.1) is 6.61 Å². The molecule has 0 aromatic carbocycles. The number of hydrogen-bond donors (Lipinski definition) is 7. The van der Waals surface area contributed by atoms with Crippen LogP contribution in [0.4, 0.5) is 23.4 Å². The highest BCUT2D eigenvalue weighted by Gasteiger charge is 2.71. The molecule has 8 N–H and O–H groups in total. The van der Waals surface area contributed by atoms with Crippen LogP contribution in [-0.4, -0.2) is 69.9 Å². The number of aromatic nitrogens is 2. The molecule has 2 heterocycles. The molecule has 1 aromatic heterocycles. The van der Waals surface area contributed by atoms with E-state index in [1.807, 2.05) is 0 Å². The maximum atomic E-state index is 13.8. The minimum atomic E-state index is -5.95. The van der Waals surface area contributed by atoms with E-state index >= 15 is 0 Å². The molecule has 0 spiro atoms. The molecular weight excluding hydrogens is 571 g/mol. The van der Waals surface area contributed by atoms with Gasteiger partial charge in [0.1, 0.15) is 12.2 Å². The monoisotopic (exact) mass is 585 g/mol. The van der Waals surface area contributed by atoms with E-state index in [1.165, 1.54) is 0 Å². The van der Waals surface area contributed by atoms with Gasteiger partial charge in [0.25, 0.3) is 0 Å². The highest BCUT2D eigenvalue weighted by atomic mass is 32.1. The number of halogens is 4. The predicted octanol–water partition coefficient (Wildman–Crippen LogP) is 0.229. The summed E-state index contributed by atoms with van der Waals surface area (Å²) in [6.07, 6.45) is -13.5. The quantitative estimate of drug-likeness (QED) is 0.122. The van der Waals surface area contributed by atoms with Crippen molar-refractivity contribution in [3.8, 4) is 0 Å². The van der Waals surface area contributed by atoms with Crippen LogP contribution in [-0.2, 0) is 31.6 Å². The Morgan fingerprint density at radius 2 is 1.76 bits per heavy atom. The normalized spacial score (nSPS) is 29.5. The second kappa shape index (κ2) is 9.53. The molecule has 0 radical (unpaired) electrons. The van der Waals surface area contributed by atoms with E-state index in [0.717, 1.165) is 0 Å². The third-order valence-corrected chi connectivity index (χ3v) is 8.05. The summed E-state index contributed by atoms with van der Waals surface area (Å²) < 4.78 is 103. The van der Waals surface area contributed by atoms with Crippen molar-refractivity contribution < 1.29 is 78.9 Å². The fourth-order valence-corrected chi connectivity index (χ4v) is 5.86. The van der Waals surface area contributed by atoms with Crippen LogP contribution in [0.1, 0.15) is 6.23 Å². The molecule has 1 fully saturated rings. The van der Waals surface area contributed by atoms with Crippen LogP contribution in [0.3, 0.4) is 0 Å². The summed E-state index contributed by atoms with van der Waals surface area (Å²) >= 11 is 4.66. The second-order valence-electron chi connectivity index (χ2n) is 6.35. The number of alkyl halides is 3. The molecule has 0 saturated carbocycles. The van der Waals surface area contributed by atoms with Crippen molar-refractivity contribution in [1.29, 1.82) is 0 Å². The molecule has 34 heavy (non-hydrogen) atoms. The summed E-state index contributed by atoms with van der Waals surface area (Å²) in [6.45, 7) is -1.57. The van der Waals surface area contributed by atoms with E-state index in [4.69, 9.17) is 25.2 Å². The van der Waals surface area contributed by atoms with E-state index in [-0.39, 0.29) is 10.8 Å². The first-order chi connectivity index (χ1) is 15.1. The minimum absolute atomic E-state index is 0.141. The smallest absolute Gasteiger partial charge is 0.387 e. The first-order valence-corrected chi connectivity index (χ1v) is 13.0. The average molecular weight is 585 g/mol. The van der Waals surface area contributed by atoms with Crippen molar-refractivity contribution in [3.63, 3.8) is 0 Å². The molecule has 16 nitrogen and oxygen atoms in total. The third-order valence-electron chi connectivity index (χ3n) is 3.94. The van der Waals surface area contributed by atoms with Gasteiger partial charge in [-0.15, -0.1) is 0 Å². The lowest BCUT2D eigenvalue weighted by Crippen LogP contribution is -2.57. The summed E-state index contributed by atoms with van der Waals surface area (Å²) in [5, 5.41) is 20.3. The summed E-state index contributed by atoms with van der Waals surface area (Å²) in [5.74, 6) is -2.22. The molecule has 1 aromatic rings. The first kappa shape index (κ1) is 29.3. The second-order valence-corrected chi connectivity index (χ2v) is 11.1. The Balaban J connectivity index is 2.32. The van der Waals surface area contributed by atoms with Gasteiger partial charge < -0.3 is 40.3 Å². The summed E-state index contributed by atoms with van der Waals surface area (Å²) in [6, 6.07) is 0. The highest BCUT2D eigenvalue weighted by Crippen LogP contribution is 2.66. The van der Waals surface area contributed by atoms with Crippen LogP contribution in [0.25, 0.3) is 0 Å². The number of nitrogens with two attached hydrogens (primary N) is 1. The zero-order valence-corrected chi connectivity index (χ0v) is 19.3. The molecule has 1 aliphatic heterocycles. The van der Waals surface area contributed by atoms with Gasteiger partial charge in [-0.1, -0.05) is 0 Å². The predicted molar refractivity (Wildman–Crippen MR) is 98.2 cm³/mol. The Labute approximate surface area is 189 Å². The van der Waals surface area contributed by atoms with E-state index in [2.05, 4.69) is 30.3 Å². The molecule has 1 aliphatic rings. The third kappa shape index (κ3) is 6.45. The van der Waals surface area contributed by atoms with Gasteiger partial charge >= 0.3 is 29.6 Å². The van der Waals surface area contributed by atoms with Crippen molar-refractivity contribution >= 4 is 41.5 Å². The number of aliphatic hydroxyl groups excluding tert-OH is 1. The van der Waals surface area contributed by atoms with Crippen LogP contribution in [0.5, 0.6) is 0 Å². The number of nitrogen functional groups attached to an aromatic ring is 1. The maximum absolute atomic E-state index is 13.8. The Kier molecular flexibility index (Phi) is 8.22. The fraction of sp³-hybridized carbons (Fsp3) is 0.600. The van der Waals surface area contributed by atoms with Crippen LogP contribution in [0.15, 0.2) is 6.20 Å². The lowest BCUT2D eigenvalue weighted by atomic mass is 9.93. The van der Waals surface area contributed by atoms with Crippen molar-refractivity contribution in [1.82, 2.24) is 9.55 Å². The van der Waals surface area contributed by atoms with Gasteiger partial charge in [0.15, 0.2) is 17.9 Å². The zero-order valence-electron chi connectivity index (χ0n) is 15.8. The Morgan fingerprint density at radius 3 is 2.26 bits per heavy atom. The Bertz CT molecular complexity index is 1150. The van der Waals surface area contributed by atoms with Crippen LogP contribution < -0.4 is 5.73 Å². The maximum Gasteiger partial charge on any atom is 0.490 e. The molecular formula is C10H14F4N3O13P3S. The summed E-state index contributed by atoms with van der Waals surface area (Å²) in [7, 11) is -17.5. The first-order valence-electron chi connectivity index (χ1n) is 8.05. The van der Waals surface area contributed by atoms with Gasteiger partial charge in [-0.2, -0.15) is 26.8 Å². The van der Waals surface area contributed by atoms with E-state index in [9.17, 15) is 46.4 Å². The summed E-state index contributed by atoms with van der Waals surface area (Å²) in [4.78, 5) is 38.6. The van der Waals surface area contributed by atoms with Gasteiger partial charge in [-0.3, -0.25) is 9.09 Å². The number of phosphoric acid groups is 3. The number of rotatable bonds is 8. The van der Waals surface area contributed by atoms with Gasteiger partial charge in [-0.25, -0.2) is 18.1 Å². The number of phosphoric ester groups is 1. The van der Waals surface area contributed by atoms with E-state index in [0.29, 0.717) is 0 Å². The van der Waals surface area contributed by atoms with E-state index < -0.39 is 76.7 Å².